The fourth-order valence-electron chi connectivity index (χ4n) is 2.10. The summed E-state index contributed by atoms with van der Waals surface area (Å²) in [6.45, 7) is 8.73. The molecule has 1 atom stereocenters. The molecule has 1 heterocycles. The van der Waals surface area contributed by atoms with Crippen molar-refractivity contribution in [1.82, 2.24) is 0 Å². The number of cyclic esters (lactones) is 1. The van der Waals surface area contributed by atoms with Crippen molar-refractivity contribution in [3.63, 3.8) is 0 Å². The van der Waals surface area contributed by atoms with Gasteiger partial charge in [0.25, 0.3) is 0 Å². The minimum atomic E-state index is -0.151. The Balaban J connectivity index is 0.00000169. The molecule has 0 aromatic heterocycles. The maximum atomic E-state index is 10.9. The summed E-state index contributed by atoms with van der Waals surface area (Å²) in [7, 11) is 0. The molecule has 0 saturated carbocycles. The van der Waals surface area contributed by atoms with Gasteiger partial charge in [0.1, 0.15) is 0 Å². The van der Waals surface area contributed by atoms with Crippen molar-refractivity contribution in [2.24, 2.45) is 11.3 Å². The summed E-state index contributed by atoms with van der Waals surface area (Å²) in [5.41, 5.74) is 0.108. The van der Waals surface area contributed by atoms with Gasteiger partial charge in [0.2, 0.25) is 0 Å². The fourth-order valence-corrected chi connectivity index (χ4v) is 2.10. The third-order valence-corrected chi connectivity index (χ3v) is 2.56. The van der Waals surface area contributed by atoms with Crippen molar-refractivity contribution in [2.45, 2.75) is 46.6 Å². The standard InChI is InChI=1S/C11H19O2.Ru/c1-8(2)7-11(3,4)9-5-6-10(12)13-9;/h6,8-9H,5,7H2,1-4H3;/q-1;+1. The van der Waals surface area contributed by atoms with Gasteiger partial charge >= 0.3 is 19.5 Å². The van der Waals surface area contributed by atoms with Gasteiger partial charge in [0.05, 0.1) is 6.10 Å². The molecule has 0 aromatic carbocycles. The molecule has 2 nitrogen and oxygen atoms in total. The van der Waals surface area contributed by atoms with E-state index in [0.717, 1.165) is 12.8 Å². The molecule has 1 unspecified atom stereocenters. The molecule has 1 aliphatic heterocycles. The summed E-state index contributed by atoms with van der Waals surface area (Å²) in [4.78, 5) is 10.9. The maximum absolute atomic E-state index is 10.9. The van der Waals surface area contributed by atoms with E-state index in [9.17, 15) is 4.79 Å². The first-order chi connectivity index (χ1) is 5.92. The summed E-state index contributed by atoms with van der Waals surface area (Å²) in [6.07, 6.45) is 3.60. The molecule has 1 fully saturated rings. The molecule has 3 heteroatoms. The van der Waals surface area contributed by atoms with E-state index in [2.05, 4.69) is 27.7 Å². The summed E-state index contributed by atoms with van der Waals surface area (Å²) in [5, 5.41) is 0. The smallest absolute Gasteiger partial charge is 0.487 e. The van der Waals surface area contributed by atoms with E-state index in [1.807, 2.05) is 0 Å². The normalized spacial score (nSPS) is 21.5. The number of ether oxygens (including phenoxy) is 1. The van der Waals surface area contributed by atoms with E-state index in [1.54, 1.807) is 6.42 Å². The maximum Gasteiger partial charge on any atom is 1.00 e. The molecule has 1 aliphatic rings. The Morgan fingerprint density at radius 2 is 2.14 bits per heavy atom. The van der Waals surface area contributed by atoms with Gasteiger partial charge in [-0.05, 0) is 17.8 Å². The number of carbonyl (C=O) groups is 1. The van der Waals surface area contributed by atoms with Crippen LogP contribution in [0.1, 0.15) is 40.5 Å². The Bertz CT molecular complexity index is 199. The molecule has 14 heavy (non-hydrogen) atoms. The molecule has 0 aromatic rings. The van der Waals surface area contributed by atoms with Gasteiger partial charge in [0, 0.05) is 0 Å². The molecule has 0 N–H and O–H groups in total. The quantitative estimate of drug-likeness (QED) is 0.452. The number of esters is 1. The van der Waals surface area contributed by atoms with Gasteiger partial charge in [0.15, 0.2) is 5.97 Å². The molecular weight excluding hydrogens is 265 g/mol. The summed E-state index contributed by atoms with van der Waals surface area (Å²) >= 11 is 0. The zero-order valence-electron chi connectivity index (χ0n) is 9.32. The average Bonchev–Trinajstić information content (AvgIpc) is 2.32. The van der Waals surface area contributed by atoms with Gasteiger partial charge in [-0.1, -0.05) is 27.7 Å². The van der Waals surface area contributed by atoms with E-state index in [1.165, 1.54) is 0 Å². The number of carbonyl (C=O) groups excluding carboxylic acids is 1. The molecule has 0 aliphatic carbocycles. The van der Waals surface area contributed by atoms with E-state index < -0.39 is 0 Å². The van der Waals surface area contributed by atoms with Crippen LogP contribution in [0.15, 0.2) is 0 Å². The van der Waals surface area contributed by atoms with Crippen LogP contribution in [0.3, 0.4) is 0 Å². The Labute approximate surface area is 99.5 Å². The van der Waals surface area contributed by atoms with Crippen LogP contribution < -0.4 is 0 Å². The first kappa shape index (κ1) is 14.0. The Hall–Kier alpha value is -0.0366. The largest absolute Gasteiger partial charge is 1.00 e. The molecular formula is C11H19O2Ru. The predicted molar refractivity (Wildman–Crippen MR) is 52.0 cm³/mol. The summed E-state index contributed by atoms with van der Waals surface area (Å²) in [5.74, 6) is 0.496. The first-order valence-electron chi connectivity index (χ1n) is 4.95. The van der Waals surface area contributed by atoms with Crippen LogP contribution in [0.5, 0.6) is 0 Å². The SMILES string of the molecule is CC(C)CC(C)(C)C1C[CH-]C(=O)O1.[Ru+]. The van der Waals surface area contributed by atoms with Crippen LogP contribution in [-0.4, -0.2) is 12.1 Å². The second kappa shape index (κ2) is 5.16. The van der Waals surface area contributed by atoms with E-state index in [0.29, 0.717) is 5.92 Å². The molecule has 0 amide bonds. The van der Waals surface area contributed by atoms with Gasteiger partial charge in [-0.2, -0.15) is 0 Å². The number of hydrogen-bond acceptors (Lipinski definition) is 2. The van der Waals surface area contributed by atoms with Crippen LogP contribution in [0.4, 0.5) is 0 Å². The van der Waals surface area contributed by atoms with E-state index in [4.69, 9.17) is 4.74 Å². The van der Waals surface area contributed by atoms with Crippen LogP contribution in [0.2, 0.25) is 0 Å². The molecule has 1 saturated heterocycles. The molecule has 83 valence electrons. The van der Waals surface area contributed by atoms with Crippen LogP contribution >= 0.6 is 0 Å². The zero-order chi connectivity index (χ0) is 10.1. The van der Waals surface area contributed by atoms with E-state index in [-0.39, 0.29) is 37.0 Å². The topological polar surface area (TPSA) is 26.3 Å². The Kier molecular flexibility index (Phi) is 5.15. The number of hydrogen-bond donors (Lipinski definition) is 0. The fraction of sp³-hybridized carbons (Fsp3) is 0.818. The van der Waals surface area contributed by atoms with Crippen LogP contribution in [0, 0.1) is 17.8 Å². The molecule has 0 spiro atoms. The van der Waals surface area contributed by atoms with Crippen molar-refractivity contribution in [1.29, 1.82) is 0 Å². The number of rotatable bonds is 3. The van der Waals surface area contributed by atoms with Gasteiger partial charge in [-0.15, -0.1) is 6.42 Å². The monoisotopic (exact) mass is 285 g/mol. The van der Waals surface area contributed by atoms with Gasteiger partial charge in [-0.3, -0.25) is 11.2 Å². The molecule has 1 rings (SSSR count). The summed E-state index contributed by atoms with van der Waals surface area (Å²) in [6, 6.07) is 0. The molecule has 0 bridgehead atoms. The zero-order valence-corrected chi connectivity index (χ0v) is 11.1. The Morgan fingerprint density at radius 3 is 2.50 bits per heavy atom. The third kappa shape index (κ3) is 3.61. The van der Waals surface area contributed by atoms with E-state index >= 15 is 0 Å². The average molecular weight is 284 g/mol. The van der Waals surface area contributed by atoms with Crippen LogP contribution in [0.25, 0.3) is 0 Å². The first-order valence-corrected chi connectivity index (χ1v) is 4.95. The van der Waals surface area contributed by atoms with Gasteiger partial charge < -0.3 is 4.74 Å². The second-order valence-corrected chi connectivity index (χ2v) is 4.95. The molecule has 1 radical (unpaired) electrons. The van der Waals surface area contributed by atoms with Crippen molar-refractivity contribution >= 4 is 5.97 Å². The Morgan fingerprint density at radius 1 is 1.57 bits per heavy atom. The second-order valence-electron chi connectivity index (χ2n) is 4.95. The minimum Gasteiger partial charge on any atom is -0.487 e. The van der Waals surface area contributed by atoms with Crippen molar-refractivity contribution in [3.8, 4) is 0 Å². The third-order valence-electron chi connectivity index (χ3n) is 2.56. The van der Waals surface area contributed by atoms with Gasteiger partial charge in [-0.25, -0.2) is 0 Å². The minimum absolute atomic E-state index is 0. The predicted octanol–water partition coefficient (Wildman–Crippen LogP) is 2.58. The summed E-state index contributed by atoms with van der Waals surface area (Å²) < 4.78 is 5.23. The van der Waals surface area contributed by atoms with Crippen molar-refractivity contribution in [2.75, 3.05) is 0 Å². The van der Waals surface area contributed by atoms with Crippen molar-refractivity contribution in [3.05, 3.63) is 6.42 Å². The van der Waals surface area contributed by atoms with Crippen LogP contribution in [-0.2, 0) is 29.0 Å². The van der Waals surface area contributed by atoms with Crippen molar-refractivity contribution < 1.29 is 29.0 Å².